The van der Waals surface area contributed by atoms with Gasteiger partial charge in [-0.15, -0.1) is 0 Å². The summed E-state index contributed by atoms with van der Waals surface area (Å²) in [5.74, 6) is 5.57. The van der Waals surface area contributed by atoms with Gasteiger partial charge in [0, 0.05) is 17.4 Å². The highest BCUT2D eigenvalue weighted by Crippen LogP contribution is 2.71. The van der Waals surface area contributed by atoms with Crippen LogP contribution < -0.4 is 0 Å². The minimum Gasteiger partial charge on any atom is -0.465 e. The van der Waals surface area contributed by atoms with E-state index in [1.807, 2.05) is 6.92 Å². The van der Waals surface area contributed by atoms with Crippen LogP contribution >= 0.6 is 0 Å². The Morgan fingerprint density at radius 2 is 1.47 bits per heavy atom. The third-order valence-corrected chi connectivity index (χ3v) is 19.7. The Bertz CT molecular complexity index is 1540. The van der Waals surface area contributed by atoms with Gasteiger partial charge in [0.1, 0.15) is 6.61 Å². The third-order valence-electron chi connectivity index (χ3n) is 19.7. The van der Waals surface area contributed by atoms with Crippen LogP contribution in [0.5, 0.6) is 0 Å². The topological polar surface area (TPSA) is 113 Å². The molecule has 294 valence electrons. The van der Waals surface area contributed by atoms with Crippen LogP contribution in [0, 0.1) is 80.8 Å². The molecule has 0 aromatic rings. The van der Waals surface area contributed by atoms with Crippen molar-refractivity contribution >= 4 is 11.9 Å². The summed E-state index contributed by atoms with van der Waals surface area (Å²) in [5.41, 5.74) is 0.418. The van der Waals surface area contributed by atoms with E-state index in [9.17, 15) is 24.9 Å². The minimum atomic E-state index is -0.906. The zero-order valence-electron chi connectivity index (χ0n) is 33.1. The lowest BCUT2D eigenvalue weighted by Crippen LogP contribution is -2.67. The lowest BCUT2D eigenvalue weighted by molar-refractivity contribution is -0.244. The number of aliphatic hydroxyl groups excluding tert-OH is 2. The maximum atomic E-state index is 12.1. The number of fused-ring (bicyclic) bond motifs is 10. The van der Waals surface area contributed by atoms with Crippen LogP contribution in [0.25, 0.3) is 0 Å². The number of aliphatic hydroxyl groups is 3. The largest absolute Gasteiger partial charge is 0.465 e. The quantitative estimate of drug-likeness (QED) is 0.195. The van der Waals surface area contributed by atoms with Gasteiger partial charge in [0.2, 0.25) is 0 Å². The highest BCUT2D eigenvalue weighted by atomic mass is 16.5. The van der Waals surface area contributed by atoms with Crippen molar-refractivity contribution in [1.29, 1.82) is 0 Å². The monoisotopic (exact) mass is 732 g/mol. The maximum Gasteiger partial charge on any atom is 0.331 e. The molecule has 0 aromatic heterocycles. The summed E-state index contributed by atoms with van der Waals surface area (Å²) in [4.78, 5) is 23.3. The van der Waals surface area contributed by atoms with Crippen molar-refractivity contribution in [1.82, 2.24) is 0 Å². The number of ether oxygens (including phenoxy) is 2. The SMILES string of the molecule is C[C@]12CC[C@H](O)C[C@H]1CC[C@@H]1[C@@H]2C[C@@H](O)[C@]2(C)[C@@H](C3=CC(=O)OC3)CC[C@]12O.C[C@]12CC[C@H]3[C@@H](CCC4CCC=C[C@@]43C)[C@H]1CC[C@@H]2[C@@H]1COC(=O)C1. The first-order valence-corrected chi connectivity index (χ1v) is 22.0. The van der Waals surface area contributed by atoms with Gasteiger partial charge in [-0.3, -0.25) is 4.79 Å². The van der Waals surface area contributed by atoms with Crippen LogP contribution in [0.15, 0.2) is 23.8 Å². The predicted octanol–water partition coefficient (Wildman–Crippen LogP) is 7.95. The highest BCUT2D eigenvalue weighted by Gasteiger charge is 2.71. The summed E-state index contributed by atoms with van der Waals surface area (Å²) in [6.45, 7) is 10.6. The van der Waals surface area contributed by atoms with Gasteiger partial charge < -0.3 is 24.8 Å². The number of carbonyl (C=O) groups is 2. The third kappa shape index (κ3) is 5.34. The molecule has 7 nitrogen and oxygen atoms in total. The molecule has 10 rings (SSSR count). The number of rotatable bonds is 2. The molecule has 0 radical (unpaired) electrons. The lowest BCUT2D eigenvalue weighted by atomic mass is 9.42. The standard InChI is InChI=1S/C23H34O5.C23H34O2/c1-21-7-5-15(24)10-14(21)3-4-17-18(21)11-19(25)22(2)16(6-8-23(17,22)27)13-9-20(26)28-12-13;1-22-11-4-3-5-16(22)6-7-17-19-9-8-18(15-13-21(24)25-14-15)23(19,2)12-10-20(17)22/h9,14-19,24-25,27H,3-8,10-12H2,1-2H3;4,11,15-20H,3,5-10,12-14H2,1-2H3/t14-,15+,16-,17-,18+,19-,21+,22+,23+;15-,16?,17-,18+,19+,20-,22-,23+/m10/s1. The lowest BCUT2D eigenvalue weighted by Gasteiger charge is -2.64. The highest BCUT2D eigenvalue weighted by molar-refractivity contribution is 5.85. The average molecular weight is 733 g/mol. The van der Waals surface area contributed by atoms with Gasteiger partial charge in [0.15, 0.2) is 0 Å². The first-order valence-electron chi connectivity index (χ1n) is 22.0. The van der Waals surface area contributed by atoms with Crippen LogP contribution in [-0.2, 0) is 19.1 Å². The summed E-state index contributed by atoms with van der Waals surface area (Å²) >= 11 is 0. The van der Waals surface area contributed by atoms with Crippen molar-refractivity contribution in [3.05, 3.63) is 23.8 Å². The second-order valence-electron chi connectivity index (χ2n) is 21.2. The maximum absolute atomic E-state index is 12.1. The molecule has 17 atom stereocenters. The molecular formula is C46H68O7. The average Bonchev–Trinajstić information content (AvgIpc) is 3.90. The Balaban J connectivity index is 0.000000141. The summed E-state index contributed by atoms with van der Waals surface area (Å²) < 4.78 is 10.5. The number of carbonyl (C=O) groups excluding carboxylic acids is 2. The number of esters is 2. The van der Waals surface area contributed by atoms with E-state index in [4.69, 9.17) is 9.47 Å². The van der Waals surface area contributed by atoms with Crippen LogP contribution in [0.3, 0.4) is 0 Å². The molecule has 0 aromatic carbocycles. The molecule has 8 aliphatic carbocycles. The fourth-order valence-electron chi connectivity index (χ4n) is 16.8. The van der Waals surface area contributed by atoms with Crippen LogP contribution in [0.1, 0.15) is 137 Å². The van der Waals surface area contributed by atoms with E-state index in [2.05, 4.69) is 32.9 Å². The van der Waals surface area contributed by atoms with Crippen molar-refractivity contribution in [3.8, 4) is 0 Å². The first-order chi connectivity index (χ1) is 25.2. The van der Waals surface area contributed by atoms with E-state index in [0.29, 0.717) is 61.1 Å². The fourth-order valence-corrected chi connectivity index (χ4v) is 16.8. The molecular weight excluding hydrogens is 664 g/mol. The van der Waals surface area contributed by atoms with Crippen molar-refractivity contribution in [2.75, 3.05) is 13.2 Å². The molecule has 2 heterocycles. The van der Waals surface area contributed by atoms with Crippen LogP contribution in [0.2, 0.25) is 0 Å². The Morgan fingerprint density at radius 3 is 2.23 bits per heavy atom. The minimum absolute atomic E-state index is 0.00129. The van der Waals surface area contributed by atoms with Gasteiger partial charge in [0.05, 0.1) is 30.8 Å². The number of hydrogen-bond acceptors (Lipinski definition) is 7. The summed E-state index contributed by atoms with van der Waals surface area (Å²) in [6.07, 6.45) is 24.6. The van der Waals surface area contributed by atoms with Crippen LogP contribution in [-0.4, -0.2) is 58.3 Å². The molecule has 10 aliphatic rings. The second kappa shape index (κ2) is 12.9. The van der Waals surface area contributed by atoms with Gasteiger partial charge >= 0.3 is 11.9 Å². The molecule has 1 unspecified atom stereocenters. The normalized spacial score (nSPS) is 55.2. The van der Waals surface area contributed by atoms with Gasteiger partial charge in [-0.1, -0.05) is 39.8 Å². The zero-order valence-corrected chi connectivity index (χ0v) is 33.1. The van der Waals surface area contributed by atoms with E-state index in [1.165, 1.54) is 51.4 Å². The molecule has 3 N–H and O–H groups in total. The second-order valence-corrected chi connectivity index (χ2v) is 21.2. The number of allylic oxidation sites excluding steroid dienone is 2. The van der Waals surface area contributed by atoms with E-state index in [1.54, 1.807) is 6.08 Å². The Morgan fingerprint density at radius 1 is 0.717 bits per heavy atom. The number of cyclic esters (lactones) is 2. The van der Waals surface area contributed by atoms with Crippen molar-refractivity contribution in [2.45, 2.75) is 155 Å². The molecule has 7 saturated carbocycles. The van der Waals surface area contributed by atoms with Gasteiger partial charge in [-0.25, -0.2) is 4.79 Å². The molecule has 2 aliphatic heterocycles. The summed E-state index contributed by atoms with van der Waals surface area (Å²) in [7, 11) is 0. The molecule has 8 fully saturated rings. The van der Waals surface area contributed by atoms with E-state index in [0.717, 1.165) is 73.7 Å². The molecule has 1 saturated heterocycles. The van der Waals surface area contributed by atoms with Gasteiger partial charge in [0.25, 0.3) is 0 Å². The summed E-state index contributed by atoms with van der Waals surface area (Å²) in [5, 5.41) is 33.7. The Labute approximate surface area is 318 Å². The number of hydrogen-bond donors (Lipinski definition) is 3. The van der Waals surface area contributed by atoms with Crippen molar-refractivity contribution in [3.63, 3.8) is 0 Å². The molecule has 0 bridgehead atoms. The molecule has 53 heavy (non-hydrogen) atoms. The van der Waals surface area contributed by atoms with Crippen molar-refractivity contribution < 1.29 is 34.4 Å². The fraction of sp³-hybridized carbons (Fsp3) is 0.870. The van der Waals surface area contributed by atoms with Gasteiger partial charge in [-0.2, -0.15) is 0 Å². The first kappa shape index (κ1) is 36.9. The molecule has 7 heteroatoms. The molecule has 0 amide bonds. The predicted molar refractivity (Wildman–Crippen MR) is 202 cm³/mol. The van der Waals surface area contributed by atoms with Gasteiger partial charge in [-0.05, 0) is 178 Å². The van der Waals surface area contributed by atoms with E-state index in [-0.39, 0.29) is 35.3 Å². The van der Waals surface area contributed by atoms with Crippen LogP contribution in [0.4, 0.5) is 0 Å². The smallest absolute Gasteiger partial charge is 0.331 e. The van der Waals surface area contributed by atoms with E-state index >= 15 is 0 Å². The van der Waals surface area contributed by atoms with E-state index < -0.39 is 17.1 Å². The Hall–Kier alpha value is -1.70. The van der Waals surface area contributed by atoms with Crippen molar-refractivity contribution in [2.24, 2.45) is 80.8 Å². The zero-order chi connectivity index (χ0) is 37.1. The summed E-state index contributed by atoms with van der Waals surface area (Å²) in [6, 6.07) is 0. The Kier molecular flexibility index (Phi) is 8.99. The molecule has 0 spiro atoms.